The number of aromatic nitrogens is 2. The van der Waals surface area contributed by atoms with Gasteiger partial charge < -0.3 is 5.32 Å². The molecule has 0 aliphatic heterocycles. The van der Waals surface area contributed by atoms with Gasteiger partial charge in [0, 0.05) is 6.04 Å². The number of nitrogens with one attached hydrogen (secondary N) is 1. The molecule has 0 radical (unpaired) electrons. The van der Waals surface area contributed by atoms with Crippen molar-refractivity contribution in [1.82, 2.24) is 15.1 Å². The van der Waals surface area contributed by atoms with E-state index in [-0.39, 0.29) is 0 Å². The molecular formula is C15H20ClN3. The summed E-state index contributed by atoms with van der Waals surface area (Å²) < 4.78 is 1.94. The van der Waals surface area contributed by atoms with Crippen LogP contribution in [0.1, 0.15) is 36.3 Å². The first-order valence-electron chi connectivity index (χ1n) is 6.58. The number of hydrogen-bond acceptors (Lipinski definition) is 2. The van der Waals surface area contributed by atoms with Crippen molar-refractivity contribution >= 4 is 11.6 Å². The van der Waals surface area contributed by atoms with Gasteiger partial charge in [0.2, 0.25) is 0 Å². The van der Waals surface area contributed by atoms with E-state index in [0.717, 1.165) is 28.5 Å². The molecule has 1 N–H and O–H groups in total. The monoisotopic (exact) mass is 277 g/mol. The van der Waals surface area contributed by atoms with E-state index in [1.54, 1.807) is 0 Å². The first kappa shape index (κ1) is 14.1. The summed E-state index contributed by atoms with van der Waals surface area (Å²) in [5.41, 5.74) is 4.19. The lowest BCUT2D eigenvalue weighted by atomic mass is 10.0. The standard InChI is InChI=1S/C15H20ClN3/c1-5-13(17-4)12-8-6-7-9-14(12)19-11(3)15(16)10(2)18-19/h6-9,13,17H,5H2,1-4H3. The summed E-state index contributed by atoms with van der Waals surface area (Å²) in [5, 5.41) is 8.64. The van der Waals surface area contributed by atoms with Gasteiger partial charge in [0.15, 0.2) is 0 Å². The molecule has 1 unspecified atom stereocenters. The lowest BCUT2D eigenvalue weighted by Gasteiger charge is -2.19. The molecule has 2 rings (SSSR count). The third-order valence-corrected chi connectivity index (χ3v) is 4.05. The number of para-hydroxylation sites is 1. The largest absolute Gasteiger partial charge is 0.313 e. The summed E-state index contributed by atoms with van der Waals surface area (Å²) in [7, 11) is 1.99. The Labute approximate surface area is 119 Å². The van der Waals surface area contributed by atoms with Crippen LogP contribution >= 0.6 is 11.6 Å². The summed E-state index contributed by atoms with van der Waals surface area (Å²) in [6, 6.07) is 8.64. The number of hydrogen-bond donors (Lipinski definition) is 1. The van der Waals surface area contributed by atoms with Crippen molar-refractivity contribution in [3.63, 3.8) is 0 Å². The van der Waals surface area contributed by atoms with Gasteiger partial charge in [-0.1, -0.05) is 36.7 Å². The van der Waals surface area contributed by atoms with Crippen molar-refractivity contribution in [2.45, 2.75) is 33.2 Å². The Morgan fingerprint density at radius 3 is 2.53 bits per heavy atom. The summed E-state index contributed by atoms with van der Waals surface area (Å²) in [6.07, 6.45) is 1.03. The van der Waals surface area contributed by atoms with E-state index >= 15 is 0 Å². The van der Waals surface area contributed by atoms with Crippen LogP contribution < -0.4 is 5.32 Å². The fraction of sp³-hybridized carbons (Fsp3) is 0.400. The van der Waals surface area contributed by atoms with Gasteiger partial charge in [-0.3, -0.25) is 0 Å². The molecular weight excluding hydrogens is 258 g/mol. The maximum atomic E-state index is 6.25. The molecule has 1 aromatic carbocycles. The number of benzene rings is 1. The van der Waals surface area contributed by atoms with Crippen LogP contribution in [0.2, 0.25) is 5.02 Å². The number of halogens is 1. The van der Waals surface area contributed by atoms with Gasteiger partial charge in [0.25, 0.3) is 0 Å². The molecule has 3 nitrogen and oxygen atoms in total. The van der Waals surface area contributed by atoms with E-state index in [1.807, 2.05) is 31.6 Å². The van der Waals surface area contributed by atoms with Gasteiger partial charge in [-0.25, -0.2) is 4.68 Å². The molecule has 1 atom stereocenters. The Morgan fingerprint density at radius 1 is 1.32 bits per heavy atom. The summed E-state index contributed by atoms with van der Waals surface area (Å²) in [5.74, 6) is 0. The van der Waals surface area contributed by atoms with Crippen molar-refractivity contribution in [3.8, 4) is 5.69 Å². The molecule has 0 saturated carbocycles. The zero-order valence-corrected chi connectivity index (χ0v) is 12.6. The third-order valence-electron chi connectivity index (χ3n) is 3.50. The van der Waals surface area contributed by atoms with E-state index in [0.29, 0.717) is 6.04 Å². The van der Waals surface area contributed by atoms with Crippen LogP contribution in [0.4, 0.5) is 0 Å². The van der Waals surface area contributed by atoms with Crippen LogP contribution in [0.15, 0.2) is 24.3 Å². The van der Waals surface area contributed by atoms with Crippen molar-refractivity contribution < 1.29 is 0 Å². The van der Waals surface area contributed by atoms with Crippen LogP contribution in [0.5, 0.6) is 0 Å². The highest BCUT2D eigenvalue weighted by Crippen LogP contribution is 2.28. The van der Waals surface area contributed by atoms with E-state index in [9.17, 15) is 0 Å². The van der Waals surface area contributed by atoms with E-state index in [4.69, 9.17) is 11.6 Å². The highest BCUT2D eigenvalue weighted by molar-refractivity contribution is 6.31. The van der Waals surface area contributed by atoms with Crippen LogP contribution in [0, 0.1) is 13.8 Å². The van der Waals surface area contributed by atoms with Crippen LogP contribution in [0.25, 0.3) is 5.69 Å². The van der Waals surface area contributed by atoms with Gasteiger partial charge in [-0.2, -0.15) is 5.10 Å². The van der Waals surface area contributed by atoms with E-state index in [1.165, 1.54) is 5.56 Å². The molecule has 19 heavy (non-hydrogen) atoms. The topological polar surface area (TPSA) is 29.9 Å². The molecule has 0 amide bonds. The zero-order chi connectivity index (χ0) is 14.0. The summed E-state index contributed by atoms with van der Waals surface area (Å²) in [6.45, 7) is 6.11. The predicted octanol–water partition coefficient (Wildman–Crippen LogP) is 3.81. The Hall–Kier alpha value is -1.32. The van der Waals surface area contributed by atoms with Gasteiger partial charge >= 0.3 is 0 Å². The van der Waals surface area contributed by atoms with Crippen LogP contribution in [0.3, 0.4) is 0 Å². The minimum atomic E-state index is 0.318. The quantitative estimate of drug-likeness (QED) is 0.921. The third kappa shape index (κ3) is 2.53. The first-order valence-corrected chi connectivity index (χ1v) is 6.96. The van der Waals surface area contributed by atoms with Crippen LogP contribution in [-0.4, -0.2) is 16.8 Å². The SMILES string of the molecule is CCC(NC)c1ccccc1-n1nc(C)c(Cl)c1C. The lowest BCUT2D eigenvalue weighted by molar-refractivity contribution is 0.571. The first-order chi connectivity index (χ1) is 9.10. The molecule has 1 aromatic heterocycles. The Bertz CT molecular complexity index is 571. The average molecular weight is 278 g/mol. The Morgan fingerprint density at radius 2 is 2.00 bits per heavy atom. The van der Waals surface area contributed by atoms with Gasteiger partial charge in [0.1, 0.15) is 0 Å². The molecule has 2 aromatic rings. The Kier molecular flexibility index (Phi) is 4.27. The molecule has 0 aliphatic carbocycles. The van der Waals surface area contributed by atoms with Gasteiger partial charge in [-0.05, 0) is 38.9 Å². The highest BCUT2D eigenvalue weighted by atomic mass is 35.5. The molecule has 102 valence electrons. The fourth-order valence-corrected chi connectivity index (χ4v) is 2.53. The van der Waals surface area contributed by atoms with Crippen molar-refractivity contribution in [1.29, 1.82) is 0 Å². The normalized spacial score (nSPS) is 12.7. The smallest absolute Gasteiger partial charge is 0.0848 e. The lowest BCUT2D eigenvalue weighted by Crippen LogP contribution is -2.18. The van der Waals surface area contributed by atoms with Crippen LogP contribution in [-0.2, 0) is 0 Å². The van der Waals surface area contributed by atoms with Crippen molar-refractivity contribution in [3.05, 3.63) is 46.2 Å². The van der Waals surface area contributed by atoms with E-state index in [2.05, 4.69) is 35.5 Å². The molecule has 0 bridgehead atoms. The number of nitrogens with zero attached hydrogens (tertiary/aromatic N) is 2. The molecule has 0 fully saturated rings. The minimum absolute atomic E-state index is 0.318. The van der Waals surface area contributed by atoms with Gasteiger partial charge in [-0.15, -0.1) is 0 Å². The molecule has 0 spiro atoms. The number of aryl methyl sites for hydroxylation is 1. The summed E-state index contributed by atoms with van der Waals surface area (Å²) >= 11 is 6.25. The molecule has 0 aliphatic rings. The number of rotatable bonds is 4. The highest BCUT2D eigenvalue weighted by Gasteiger charge is 2.16. The second-order valence-electron chi connectivity index (χ2n) is 4.70. The van der Waals surface area contributed by atoms with Gasteiger partial charge in [0.05, 0.1) is 22.1 Å². The second kappa shape index (κ2) is 5.76. The zero-order valence-electron chi connectivity index (χ0n) is 11.9. The fourth-order valence-electron chi connectivity index (χ4n) is 2.41. The average Bonchev–Trinajstić information content (AvgIpc) is 2.68. The molecule has 1 heterocycles. The minimum Gasteiger partial charge on any atom is -0.313 e. The Balaban J connectivity index is 2.59. The molecule has 4 heteroatoms. The second-order valence-corrected chi connectivity index (χ2v) is 5.08. The van der Waals surface area contributed by atoms with Crippen molar-refractivity contribution in [2.24, 2.45) is 0 Å². The van der Waals surface area contributed by atoms with E-state index < -0.39 is 0 Å². The maximum Gasteiger partial charge on any atom is 0.0848 e. The van der Waals surface area contributed by atoms with Crippen molar-refractivity contribution in [2.75, 3.05) is 7.05 Å². The maximum absolute atomic E-state index is 6.25. The summed E-state index contributed by atoms with van der Waals surface area (Å²) in [4.78, 5) is 0. The predicted molar refractivity (Wildman–Crippen MR) is 80.1 cm³/mol. The molecule has 0 saturated heterocycles.